The van der Waals surface area contributed by atoms with Gasteiger partial charge in [0.2, 0.25) is 11.8 Å². The molecule has 0 saturated heterocycles. The second-order valence-corrected chi connectivity index (χ2v) is 8.54. The van der Waals surface area contributed by atoms with Crippen molar-refractivity contribution >= 4 is 46.8 Å². The van der Waals surface area contributed by atoms with Crippen molar-refractivity contribution in [2.24, 2.45) is 0 Å². The molecular weight excluding hydrogens is 427 g/mol. The Morgan fingerprint density at radius 3 is 2.38 bits per heavy atom. The molecule has 2 rings (SSSR count). The van der Waals surface area contributed by atoms with Crippen molar-refractivity contribution in [1.82, 2.24) is 10.2 Å². The lowest BCUT2D eigenvalue weighted by Crippen LogP contribution is -2.48. The van der Waals surface area contributed by atoms with Gasteiger partial charge in [0.05, 0.1) is 5.75 Å². The summed E-state index contributed by atoms with van der Waals surface area (Å²) in [5.41, 5.74) is 2.93. The van der Waals surface area contributed by atoms with Gasteiger partial charge >= 0.3 is 0 Å². The first-order chi connectivity index (χ1) is 13.9. The summed E-state index contributed by atoms with van der Waals surface area (Å²) in [6.07, 6.45) is 0.540. The summed E-state index contributed by atoms with van der Waals surface area (Å²) < 4.78 is 0. The van der Waals surface area contributed by atoms with Gasteiger partial charge in [-0.05, 0) is 36.6 Å². The number of thioether (sulfide) groups is 1. The fraction of sp³-hybridized carbons (Fsp3) is 0.364. The fourth-order valence-electron chi connectivity index (χ4n) is 3.09. The van der Waals surface area contributed by atoms with Gasteiger partial charge in [-0.15, -0.1) is 11.8 Å². The highest BCUT2D eigenvalue weighted by molar-refractivity contribution is 7.99. The number of carbonyl (C=O) groups excluding carboxylic acids is 2. The van der Waals surface area contributed by atoms with Crippen LogP contribution in [0.2, 0.25) is 10.0 Å². The van der Waals surface area contributed by atoms with Gasteiger partial charge in [0.25, 0.3) is 0 Å². The average molecular weight is 453 g/mol. The minimum absolute atomic E-state index is 0.0878. The molecule has 0 spiro atoms. The lowest BCUT2D eigenvalue weighted by Gasteiger charge is -2.30. The van der Waals surface area contributed by atoms with E-state index in [0.29, 0.717) is 28.8 Å². The number of rotatable bonds is 9. The van der Waals surface area contributed by atoms with E-state index in [4.69, 9.17) is 23.2 Å². The van der Waals surface area contributed by atoms with Gasteiger partial charge < -0.3 is 10.2 Å². The maximum atomic E-state index is 13.1. The number of aryl methyl sites for hydroxylation is 1. The molecule has 156 valence electrons. The smallest absolute Gasteiger partial charge is 0.242 e. The Morgan fingerprint density at radius 2 is 1.79 bits per heavy atom. The molecular formula is C22H26Cl2N2O2S. The molecule has 0 bridgehead atoms. The fourth-order valence-corrected chi connectivity index (χ4v) is 4.73. The molecule has 0 saturated carbocycles. The molecule has 0 aromatic heterocycles. The van der Waals surface area contributed by atoms with Crippen molar-refractivity contribution in [3.63, 3.8) is 0 Å². The van der Waals surface area contributed by atoms with E-state index in [1.807, 2.05) is 38.1 Å². The highest BCUT2D eigenvalue weighted by Crippen LogP contribution is 2.28. The zero-order chi connectivity index (χ0) is 21.4. The van der Waals surface area contributed by atoms with Crippen molar-refractivity contribution in [2.75, 3.05) is 12.8 Å². The molecule has 2 aromatic rings. The van der Waals surface area contributed by atoms with Gasteiger partial charge in [-0.3, -0.25) is 9.59 Å². The van der Waals surface area contributed by atoms with E-state index in [9.17, 15) is 9.59 Å². The Kier molecular flexibility index (Phi) is 9.34. The molecule has 0 aliphatic carbocycles. The first kappa shape index (κ1) is 23.6. The van der Waals surface area contributed by atoms with Crippen LogP contribution in [0.25, 0.3) is 0 Å². The molecule has 1 atom stereocenters. The Hall–Kier alpha value is -1.69. The van der Waals surface area contributed by atoms with E-state index in [-0.39, 0.29) is 17.6 Å². The largest absolute Gasteiger partial charge is 0.357 e. The van der Waals surface area contributed by atoms with E-state index in [1.54, 1.807) is 30.1 Å². The number of hydrogen-bond acceptors (Lipinski definition) is 3. The van der Waals surface area contributed by atoms with Gasteiger partial charge in [0.15, 0.2) is 0 Å². The quantitative estimate of drug-likeness (QED) is 0.576. The second kappa shape index (κ2) is 11.5. The predicted molar refractivity (Wildman–Crippen MR) is 122 cm³/mol. The van der Waals surface area contributed by atoms with Crippen LogP contribution in [-0.4, -0.2) is 35.6 Å². The summed E-state index contributed by atoms with van der Waals surface area (Å²) in [5, 5.41) is 3.85. The van der Waals surface area contributed by atoms with Crippen molar-refractivity contribution in [2.45, 2.75) is 38.6 Å². The average Bonchev–Trinajstić information content (AvgIpc) is 2.69. The zero-order valence-electron chi connectivity index (χ0n) is 16.9. The van der Waals surface area contributed by atoms with Crippen LogP contribution >= 0.6 is 35.0 Å². The number of hydrogen-bond donors (Lipinski definition) is 1. The number of amides is 2. The molecule has 7 heteroatoms. The van der Waals surface area contributed by atoms with Gasteiger partial charge in [-0.25, -0.2) is 0 Å². The number of carbonyl (C=O) groups is 2. The van der Waals surface area contributed by atoms with E-state index in [2.05, 4.69) is 5.32 Å². The van der Waals surface area contributed by atoms with E-state index >= 15 is 0 Å². The predicted octanol–water partition coefficient (Wildman–Crippen LogP) is 5.09. The molecule has 0 aliphatic rings. The van der Waals surface area contributed by atoms with E-state index in [0.717, 1.165) is 16.7 Å². The van der Waals surface area contributed by atoms with E-state index in [1.165, 1.54) is 11.8 Å². The number of benzene rings is 2. The summed E-state index contributed by atoms with van der Waals surface area (Å²) in [5.74, 6) is 0.517. The monoisotopic (exact) mass is 452 g/mol. The molecule has 0 aliphatic heterocycles. The van der Waals surface area contributed by atoms with Crippen molar-refractivity contribution < 1.29 is 9.59 Å². The van der Waals surface area contributed by atoms with Crippen molar-refractivity contribution in [3.8, 4) is 0 Å². The summed E-state index contributed by atoms with van der Waals surface area (Å²) in [6.45, 7) is 4.31. The molecule has 4 nitrogen and oxygen atoms in total. The Balaban J connectivity index is 2.14. The normalized spacial score (nSPS) is 11.8. The minimum Gasteiger partial charge on any atom is -0.357 e. The molecule has 2 aromatic carbocycles. The highest BCUT2D eigenvalue weighted by Gasteiger charge is 2.27. The van der Waals surface area contributed by atoms with Crippen LogP contribution in [0, 0.1) is 6.92 Å². The van der Waals surface area contributed by atoms with Crippen molar-refractivity contribution in [3.05, 3.63) is 69.2 Å². The summed E-state index contributed by atoms with van der Waals surface area (Å²) >= 11 is 13.9. The molecule has 1 N–H and O–H groups in total. The summed E-state index contributed by atoms with van der Waals surface area (Å²) in [4.78, 5) is 27.1. The molecule has 0 heterocycles. The third-order valence-corrected chi connectivity index (χ3v) is 6.25. The molecule has 1 unspecified atom stereocenters. The number of halogens is 2. The van der Waals surface area contributed by atoms with Gasteiger partial charge in [0.1, 0.15) is 6.04 Å². The van der Waals surface area contributed by atoms with Crippen LogP contribution in [0.3, 0.4) is 0 Å². The molecule has 2 amide bonds. The number of nitrogens with zero attached hydrogens (tertiary/aromatic N) is 1. The number of likely N-dealkylation sites (N-methyl/N-ethyl adjacent to an activating group) is 1. The van der Waals surface area contributed by atoms with Gasteiger partial charge in [-0.2, -0.15) is 0 Å². The number of nitrogens with one attached hydrogen (secondary N) is 1. The lowest BCUT2D eigenvalue weighted by atomic mass is 10.1. The second-order valence-electron chi connectivity index (χ2n) is 6.74. The highest BCUT2D eigenvalue weighted by atomic mass is 35.5. The maximum absolute atomic E-state index is 13.1. The summed E-state index contributed by atoms with van der Waals surface area (Å²) in [7, 11) is 1.59. The third-order valence-electron chi connectivity index (χ3n) is 4.60. The van der Waals surface area contributed by atoms with Crippen LogP contribution in [0.5, 0.6) is 0 Å². The maximum Gasteiger partial charge on any atom is 0.242 e. The van der Waals surface area contributed by atoms with Gasteiger partial charge in [0, 0.05) is 29.4 Å². The first-order valence-corrected chi connectivity index (χ1v) is 11.4. The topological polar surface area (TPSA) is 49.4 Å². The Labute approximate surface area is 187 Å². The van der Waals surface area contributed by atoms with Gasteiger partial charge in [-0.1, -0.05) is 66.0 Å². The molecule has 0 radical (unpaired) electrons. The molecule has 0 fully saturated rings. The van der Waals surface area contributed by atoms with Crippen LogP contribution < -0.4 is 5.32 Å². The van der Waals surface area contributed by atoms with E-state index < -0.39 is 6.04 Å². The van der Waals surface area contributed by atoms with Crippen LogP contribution in [-0.2, 0) is 21.9 Å². The Morgan fingerprint density at radius 1 is 1.14 bits per heavy atom. The molecule has 29 heavy (non-hydrogen) atoms. The minimum atomic E-state index is -0.516. The summed E-state index contributed by atoms with van der Waals surface area (Å²) in [6, 6.07) is 12.8. The first-order valence-electron chi connectivity index (χ1n) is 9.44. The lowest BCUT2D eigenvalue weighted by molar-refractivity contribution is -0.139. The third kappa shape index (κ3) is 6.66. The van der Waals surface area contributed by atoms with Crippen LogP contribution in [0.1, 0.15) is 30.0 Å². The SMILES string of the molecule is CCC(C(=O)NC)N(Cc1cccc(C)c1)C(=O)CSCc1c(Cl)cccc1Cl. The van der Waals surface area contributed by atoms with Crippen LogP contribution in [0.4, 0.5) is 0 Å². The Bertz CT molecular complexity index is 840. The standard InChI is InChI=1S/C22H26Cl2N2O2S/c1-4-20(22(28)25-3)26(12-16-8-5-7-15(2)11-16)21(27)14-29-13-17-18(23)9-6-10-19(17)24/h5-11,20H,4,12-14H2,1-3H3,(H,25,28). The zero-order valence-corrected chi connectivity index (χ0v) is 19.2. The van der Waals surface area contributed by atoms with Crippen molar-refractivity contribution in [1.29, 1.82) is 0 Å². The van der Waals surface area contributed by atoms with Crippen LogP contribution in [0.15, 0.2) is 42.5 Å².